The number of nitrogens with two attached hydrogens (primary N) is 1. The molecule has 10 N–H and O–H groups in total. The molecule has 1 aromatic heterocycles. The van der Waals surface area contributed by atoms with Crippen molar-refractivity contribution in [3.8, 4) is 0 Å². The van der Waals surface area contributed by atoms with Crippen molar-refractivity contribution in [2.45, 2.75) is 93.2 Å². The molecular formula is C38H64N8O13S3. The molecule has 0 aliphatic carbocycles. The van der Waals surface area contributed by atoms with Gasteiger partial charge in [-0.1, -0.05) is 28.0 Å². The molecule has 3 aliphatic heterocycles. The number of aromatic nitrogens is 2. The van der Waals surface area contributed by atoms with Gasteiger partial charge in [-0.25, -0.2) is 9.59 Å². The van der Waals surface area contributed by atoms with Gasteiger partial charge >= 0.3 is 11.7 Å². The van der Waals surface area contributed by atoms with E-state index >= 15 is 0 Å². The lowest BCUT2D eigenvalue weighted by Crippen LogP contribution is -2.36. The van der Waals surface area contributed by atoms with Gasteiger partial charge in [0.1, 0.15) is 24.1 Å². The second kappa shape index (κ2) is 29.5. The van der Waals surface area contributed by atoms with E-state index in [0.717, 1.165) is 29.6 Å². The van der Waals surface area contributed by atoms with Crippen LogP contribution in [0.15, 0.2) is 11.0 Å². The number of carbonyl (C=O) groups is 4. The fraction of sp³-hybridized carbons (Fsp3) is 0.789. The van der Waals surface area contributed by atoms with Crippen LogP contribution in [-0.2, 0) is 44.5 Å². The predicted octanol–water partition coefficient (Wildman–Crippen LogP) is -1.33. The first-order valence-electron chi connectivity index (χ1n) is 21.1. The number of nitrogen functional groups attached to an aromatic ring is 1. The van der Waals surface area contributed by atoms with Crippen LogP contribution in [0, 0.1) is 0 Å². The van der Waals surface area contributed by atoms with E-state index in [2.05, 4.69) is 31.6 Å². The van der Waals surface area contributed by atoms with Gasteiger partial charge in [-0.05, 0) is 25.7 Å². The predicted molar refractivity (Wildman–Crippen MR) is 235 cm³/mol. The molecule has 4 rings (SSSR count). The first-order valence-corrected chi connectivity index (χ1v) is 24.6. The topological polar surface area (TPSA) is 296 Å². The number of carbonyl (C=O) groups excluding carboxylic acids is 4. The summed E-state index contributed by atoms with van der Waals surface area (Å²) in [5.74, 6) is 2.05. The number of aliphatic hydroxyl groups is 3. The molecule has 2 unspecified atom stereocenters. The maximum absolute atomic E-state index is 12.4. The van der Waals surface area contributed by atoms with Crippen LogP contribution >= 0.6 is 33.3 Å². The lowest BCUT2D eigenvalue weighted by Gasteiger charge is -2.18. The van der Waals surface area contributed by atoms with E-state index in [1.54, 1.807) is 21.6 Å². The zero-order valence-electron chi connectivity index (χ0n) is 35.0. The summed E-state index contributed by atoms with van der Waals surface area (Å²) in [6.45, 7) is 3.91. The minimum atomic E-state index is -1.43. The van der Waals surface area contributed by atoms with Gasteiger partial charge in [-0.3, -0.25) is 19.0 Å². The number of urea groups is 1. The number of amides is 5. The number of fused-ring (bicyclic) bond motifs is 1. The van der Waals surface area contributed by atoms with Crippen molar-refractivity contribution in [3.05, 3.63) is 22.2 Å². The van der Waals surface area contributed by atoms with Crippen molar-refractivity contribution in [1.29, 1.82) is 0 Å². The standard InChI is InChI=1S/C38H64N8O13S3/c39-35-25(22-46(38(54)45-35)36-34(52)33(51)27(23-47)59-36)4-3-9-40-31(50)8-20-61-62-21-11-42-30(49)7-12-55-14-16-57-18-19-58-17-15-56-13-10-41-29(48)6-2-1-5-28-32-26(24-60-28)43-37(53)44-32/h22,26-28,32-34,36,47,51-52H,1-21,23-24H2,(H,40,50)(H,41,48)(H,42,49)(H2,39,45,54)(H2,43,44,53)/t26-,27+,28-,32-,33?,34?,36+/m0/s1. The van der Waals surface area contributed by atoms with Gasteiger partial charge in [0.15, 0.2) is 6.23 Å². The second-order valence-corrected chi connectivity index (χ2v) is 18.7. The summed E-state index contributed by atoms with van der Waals surface area (Å²) in [7, 11) is 3.10. The highest BCUT2D eigenvalue weighted by atomic mass is 33.1. The number of unbranched alkanes of at least 4 members (excludes halogenated alkanes) is 1. The van der Waals surface area contributed by atoms with E-state index in [9.17, 15) is 39.3 Å². The van der Waals surface area contributed by atoms with E-state index in [4.69, 9.17) is 29.4 Å². The molecular weight excluding hydrogens is 873 g/mol. The zero-order chi connectivity index (χ0) is 44.5. The number of nitrogens with zero attached hydrogens (tertiary/aromatic N) is 2. The number of aliphatic hydroxyl groups excluding tert-OH is 3. The van der Waals surface area contributed by atoms with Gasteiger partial charge in [0.2, 0.25) is 17.7 Å². The molecule has 0 bridgehead atoms. The summed E-state index contributed by atoms with van der Waals surface area (Å²) in [5.41, 5.74) is 5.67. The molecule has 0 saturated carbocycles. The third-order valence-electron chi connectivity index (χ3n) is 10.0. The minimum Gasteiger partial charge on any atom is -0.394 e. The third kappa shape index (κ3) is 18.7. The van der Waals surface area contributed by atoms with Gasteiger partial charge in [-0.15, -0.1) is 0 Å². The maximum atomic E-state index is 12.4. The largest absolute Gasteiger partial charge is 0.394 e. The van der Waals surface area contributed by atoms with Crippen molar-refractivity contribution in [2.75, 3.05) is 102 Å². The highest BCUT2D eigenvalue weighted by Gasteiger charge is 2.44. The summed E-state index contributed by atoms with van der Waals surface area (Å²) < 4.78 is 28.4. The molecule has 3 fully saturated rings. The lowest BCUT2D eigenvalue weighted by atomic mass is 10.0. The molecule has 0 radical (unpaired) electrons. The van der Waals surface area contributed by atoms with Crippen molar-refractivity contribution >= 4 is 62.9 Å². The number of ether oxygens (including phenoxy) is 5. The molecule has 3 aliphatic rings. The summed E-state index contributed by atoms with van der Waals surface area (Å²) in [6.07, 6.45) is 1.08. The number of nitrogens with one attached hydrogen (secondary N) is 5. The van der Waals surface area contributed by atoms with Crippen LogP contribution in [-0.4, -0.2) is 181 Å². The zero-order valence-corrected chi connectivity index (χ0v) is 37.5. The molecule has 5 amide bonds. The van der Waals surface area contributed by atoms with Crippen LogP contribution in [0.5, 0.6) is 0 Å². The van der Waals surface area contributed by atoms with Crippen LogP contribution < -0.4 is 38.0 Å². The molecule has 0 aromatic carbocycles. The van der Waals surface area contributed by atoms with E-state index in [1.165, 1.54) is 6.20 Å². The smallest absolute Gasteiger partial charge is 0.351 e. The van der Waals surface area contributed by atoms with Crippen LogP contribution in [0.25, 0.3) is 0 Å². The van der Waals surface area contributed by atoms with Crippen molar-refractivity contribution < 1.29 is 58.2 Å². The van der Waals surface area contributed by atoms with Crippen molar-refractivity contribution in [3.63, 3.8) is 0 Å². The number of thioether (sulfide) groups is 1. The van der Waals surface area contributed by atoms with Crippen LogP contribution in [0.2, 0.25) is 0 Å². The van der Waals surface area contributed by atoms with Crippen molar-refractivity contribution in [2.24, 2.45) is 0 Å². The SMILES string of the molecule is Nc1nc(=O)n([C@@H]2O[C@H](CO)C(O)C2O)cc1CCCNC(=O)CCSSCCNC(=O)CCOCCOCCOCCOCCNC(=O)CCCC[C@@H]1SC[C@@H]2NC(=O)N[C@@H]21. The molecule has 4 heterocycles. The van der Waals surface area contributed by atoms with E-state index < -0.39 is 36.8 Å². The van der Waals surface area contributed by atoms with Crippen LogP contribution in [0.4, 0.5) is 10.6 Å². The Labute approximate surface area is 373 Å². The lowest BCUT2D eigenvalue weighted by molar-refractivity contribution is -0.122. The Morgan fingerprint density at radius 3 is 2.19 bits per heavy atom. The van der Waals surface area contributed by atoms with Crippen LogP contribution in [0.3, 0.4) is 0 Å². The summed E-state index contributed by atoms with van der Waals surface area (Å²) in [6, 6.07) is 0.354. The highest BCUT2D eigenvalue weighted by molar-refractivity contribution is 8.76. The van der Waals surface area contributed by atoms with Crippen LogP contribution in [0.1, 0.15) is 56.7 Å². The number of hydrogen-bond acceptors (Lipinski definition) is 18. The summed E-state index contributed by atoms with van der Waals surface area (Å²) in [5, 5.41) is 44.5. The Balaban J connectivity index is 0.844. The molecule has 1 aromatic rings. The number of anilines is 1. The molecule has 21 nitrogen and oxygen atoms in total. The second-order valence-electron chi connectivity index (χ2n) is 14.7. The van der Waals surface area contributed by atoms with Gasteiger partial charge < -0.3 is 71.3 Å². The van der Waals surface area contributed by atoms with E-state index in [0.29, 0.717) is 114 Å². The Kier molecular flexibility index (Phi) is 24.6. The van der Waals surface area contributed by atoms with E-state index in [-0.39, 0.29) is 54.7 Å². The Bertz CT molecular complexity index is 1590. The Hall–Kier alpha value is -2.91. The Morgan fingerprint density at radius 2 is 1.47 bits per heavy atom. The fourth-order valence-corrected chi connectivity index (χ4v) is 10.2. The highest BCUT2D eigenvalue weighted by Crippen LogP contribution is 2.33. The monoisotopic (exact) mass is 936 g/mol. The molecule has 7 atom stereocenters. The normalized spacial score (nSPS) is 22.9. The van der Waals surface area contributed by atoms with Gasteiger partial charge in [-0.2, -0.15) is 16.7 Å². The Morgan fingerprint density at radius 1 is 0.823 bits per heavy atom. The average Bonchev–Trinajstić information content (AvgIpc) is 3.90. The van der Waals surface area contributed by atoms with Gasteiger partial charge in [0.05, 0.1) is 71.5 Å². The molecule has 3 saturated heterocycles. The van der Waals surface area contributed by atoms with Crippen molar-refractivity contribution in [1.82, 2.24) is 36.1 Å². The molecule has 352 valence electrons. The first kappa shape index (κ1) is 51.7. The third-order valence-corrected chi connectivity index (χ3v) is 14.0. The molecule has 24 heteroatoms. The maximum Gasteiger partial charge on any atom is 0.351 e. The van der Waals surface area contributed by atoms with Gasteiger partial charge in [0, 0.05) is 73.2 Å². The first-order chi connectivity index (χ1) is 30.1. The quantitative estimate of drug-likeness (QED) is 0.0224. The summed E-state index contributed by atoms with van der Waals surface area (Å²) in [4.78, 5) is 64.0. The number of rotatable bonds is 33. The summed E-state index contributed by atoms with van der Waals surface area (Å²) >= 11 is 1.89. The minimum absolute atomic E-state index is 0.0179. The molecule has 62 heavy (non-hydrogen) atoms. The number of aryl methyl sites for hydroxylation is 1. The van der Waals surface area contributed by atoms with E-state index in [1.807, 2.05) is 11.8 Å². The van der Waals surface area contributed by atoms with Gasteiger partial charge in [0.25, 0.3) is 0 Å². The number of hydrogen-bond donors (Lipinski definition) is 9. The molecule has 0 spiro atoms. The average molecular weight is 937 g/mol. The fourth-order valence-electron chi connectivity index (χ4n) is 6.73.